The lowest BCUT2D eigenvalue weighted by Crippen LogP contribution is -2.68. The van der Waals surface area contributed by atoms with Crippen molar-refractivity contribution < 1.29 is 10.2 Å². The van der Waals surface area contributed by atoms with Crippen molar-refractivity contribution in [3.05, 3.63) is 0 Å². The average molecular weight is 313 g/mol. The van der Waals surface area contributed by atoms with Crippen molar-refractivity contribution in [2.75, 3.05) is 0 Å². The normalized spacial score (nSPS) is 37.9. The summed E-state index contributed by atoms with van der Waals surface area (Å²) in [7, 11) is 0. The van der Waals surface area contributed by atoms with E-state index in [1.807, 2.05) is 0 Å². The predicted molar refractivity (Wildman–Crippen MR) is 94.7 cm³/mol. The molecule has 132 valence electrons. The Labute approximate surface area is 138 Å². The van der Waals surface area contributed by atoms with Gasteiger partial charge in [-0.15, -0.1) is 0 Å². The van der Waals surface area contributed by atoms with Crippen molar-refractivity contribution in [3.8, 4) is 0 Å². The van der Waals surface area contributed by atoms with E-state index in [1.54, 1.807) is 0 Å². The Morgan fingerprint density at radius 2 is 0.545 bits per heavy atom. The number of aliphatic hydroxyl groups is 2. The van der Waals surface area contributed by atoms with Gasteiger partial charge in [-0.3, -0.25) is 0 Å². The van der Waals surface area contributed by atoms with Crippen LogP contribution in [0.25, 0.3) is 0 Å². The minimum absolute atomic E-state index is 0.232. The van der Waals surface area contributed by atoms with Gasteiger partial charge in [-0.25, -0.2) is 0 Å². The Morgan fingerprint density at radius 1 is 0.409 bits per heavy atom. The van der Waals surface area contributed by atoms with Gasteiger partial charge in [0.2, 0.25) is 0 Å². The minimum atomic E-state index is -0.462. The highest BCUT2D eigenvalue weighted by molar-refractivity contribution is 5.15. The van der Waals surface area contributed by atoms with Crippen molar-refractivity contribution >= 4 is 0 Å². The zero-order valence-corrected chi connectivity index (χ0v) is 17.0. The molecular weight excluding hydrogens is 272 g/mol. The lowest BCUT2D eigenvalue weighted by molar-refractivity contribution is -0.263. The molecule has 0 amide bonds. The van der Waals surface area contributed by atoms with Gasteiger partial charge in [0.1, 0.15) is 0 Å². The van der Waals surface area contributed by atoms with E-state index >= 15 is 0 Å². The third kappa shape index (κ3) is 1.99. The Morgan fingerprint density at radius 3 is 0.682 bits per heavy atom. The first-order valence-electron chi connectivity index (χ1n) is 8.67. The lowest BCUT2D eigenvalue weighted by atomic mass is 9.38. The third-order valence-corrected chi connectivity index (χ3v) is 9.18. The fourth-order valence-corrected chi connectivity index (χ4v) is 4.83. The van der Waals surface area contributed by atoms with Gasteiger partial charge in [-0.05, 0) is 32.5 Å². The van der Waals surface area contributed by atoms with Crippen molar-refractivity contribution in [1.29, 1.82) is 0 Å². The van der Waals surface area contributed by atoms with E-state index in [-0.39, 0.29) is 32.5 Å². The summed E-state index contributed by atoms with van der Waals surface area (Å²) < 4.78 is 0. The van der Waals surface area contributed by atoms with Crippen LogP contribution < -0.4 is 0 Å². The predicted octanol–water partition coefficient (Wildman–Crippen LogP) is 4.88. The third-order valence-electron chi connectivity index (χ3n) is 9.18. The molecule has 1 aliphatic carbocycles. The fourth-order valence-electron chi connectivity index (χ4n) is 4.83. The van der Waals surface area contributed by atoms with Crippen molar-refractivity contribution in [2.24, 2.45) is 32.5 Å². The lowest BCUT2D eigenvalue weighted by Gasteiger charge is -2.68. The Bertz CT molecular complexity index is 361. The summed E-state index contributed by atoms with van der Waals surface area (Å²) in [4.78, 5) is 0. The summed E-state index contributed by atoms with van der Waals surface area (Å²) in [6.07, 6.45) is -0.924. The number of rotatable bonds is 0. The quantitative estimate of drug-likeness (QED) is 0.669. The van der Waals surface area contributed by atoms with Crippen LogP contribution in [0.2, 0.25) is 0 Å². The van der Waals surface area contributed by atoms with Crippen LogP contribution in [-0.4, -0.2) is 22.4 Å². The molecule has 22 heavy (non-hydrogen) atoms. The topological polar surface area (TPSA) is 40.5 Å². The standard InChI is InChI=1S/C20H40O2/c1-15(2)13(21)16(3,4)20(11,12)18(7,8)14(22)17(5,6)19(15,9)10/h13-14,21-22H,1-12H3. The molecule has 1 aliphatic rings. The number of aliphatic hydroxyl groups excluding tert-OH is 2. The molecule has 1 saturated carbocycles. The van der Waals surface area contributed by atoms with E-state index in [1.165, 1.54) is 0 Å². The fraction of sp³-hybridized carbons (Fsp3) is 1.00. The van der Waals surface area contributed by atoms with Gasteiger partial charge in [0.25, 0.3) is 0 Å². The molecular formula is C20H40O2. The molecule has 2 nitrogen and oxygen atoms in total. The van der Waals surface area contributed by atoms with Crippen LogP contribution in [0.15, 0.2) is 0 Å². The van der Waals surface area contributed by atoms with E-state index < -0.39 is 12.2 Å². The molecule has 0 radical (unpaired) electrons. The first-order chi connectivity index (χ1) is 9.31. The Kier molecular flexibility index (Phi) is 4.29. The molecule has 0 aromatic heterocycles. The highest BCUT2D eigenvalue weighted by Gasteiger charge is 2.67. The number of hydrogen-bond acceptors (Lipinski definition) is 2. The van der Waals surface area contributed by atoms with Crippen molar-refractivity contribution in [1.82, 2.24) is 0 Å². The maximum Gasteiger partial charge on any atom is 0.0652 e. The van der Waals surface area contributed by atoms with Crippen LogP contribution in [0.4, 0.5) is 0 Å². The monoisotopic (exact) mass is 312 g/mol. The van der Waals surface area contributed by atoms with Gasteiger partial charge >= 0.3 is 0 Å². The molecule has 0 aliphatic heterocycles. The van der Waals surface area contributed by atoms with Gasteiger partial charge in [-0.2, -0.15) is 0 Å². The van der Waals surface area contributed by atoms with Crippen LogP contribution in [0.5, 0.6) is 0 Å². The molecule has 2 N–H and O–H groups in total. The second-order valence-corrected chi connectivity index (χ2v) is 10.9. The smallest absolute Gasteiger partial charge is 0.0652 e. The molecule has 0 saturated heterocycles. The van der Waals surface area contributed by atoms with Crippen LogP contribution in [0, 0.1) is 32.5 Å². The zero-order valence-electron chi connectivity index (χ0n) is 17.0. The van der Waals surface area contributed by atoms with Crippen LogP contribution in [0.3, 0.4) is 0 Å². The summed E-state index contributed by atoms with van der Waals surface area (Å²) in [6, 6.07) is 0. The summed E-state index contributed by atoms with van der Waals surface area (Å²) in [6.45, 7) is 26.0. The Hall–Kier alpha value is -0.0800. The molecule has 0 spiro atoms. The van der Waals surface area contributed by atoms with E-state index in [9.17, 15) is 10.2 Å². The molecule has 0 aromatic rings. The summed E-state index contributed by atoms with van der Waals surface area (Å²) in [5, 5.41) is 22.8. The number of hydrogen-bond donors (Lipinski definition) is 2. The zero-order chi connectivity index (χ0) is 18.2. The van der Waals surface area contributed by atoms with Crippen LogP contribution in [0.1, 0.15) is 83.1 Å². The SMILES string of the molecule is CC1(C)C(O)C(C)(C)C(C)(C)C(C)(C)C(O)C(C)(C)C1(C)C. The van der Waals surface area contributed by atoms with Crippen molar-refractivity contribution in [3.63, 3.8) is 0 Å². The second-order valence-electron chi connectivity index (χ2n) is 10.9. The summed E-state index contributed by atoms with van der Waals surface area (Å²) in [5.74, 6) is 0. The highest BCUT2D eigenvalue weighted by atomic mass is 16.3. The molecule has 0 heterocycles. The molecule has 1 rings (SSSR count). The first kappa shape index (κ1) is 20.0. The van der Waals surface area contributed by atoms with E-state index in [2.05, 4.69) is 83.1 Å². The van der Waals surface area contributed by atoms with Gasteiger partial charge in [-0.1, -0.05) is 83.1 Å². The summed E-state index contributed by atoms with van der Waals surface area (Å²) >= 11 is 0. The minimum Gasteiger partial charge on any atom is -0.392 e. The van der Waals surface area contributed by atoms with E-state index in [0.29, 0.717) is 0 Å². The first-order valence-corrected chi connectivity index (χ1v) is 8.67. The molecule has 1 fully saturated rings. The van der Waals surface area contributed by atoms with Crippen molar-refractivity contribution in [2.45, 2.75) is 95.3 Å². The van der Waals surface area contributed by atoms with E-state index in [0.717, 1.165) is 0 Å². The van der Waals surface area contributed by atoms with Gasteiger partial charge in [0.05, 0.1) is 12.2 Å². The van der Waals surface area contributed by atoms with E-state index in [4.69, 9.17) is 0 Å². The van der Waals surface area contributed by atoms with Gasteiger partial charge in [0.15, 0.2) is 0 Å². The molecule has 2 heteroatoms. The molecule has 0 atom stereocenters. The molecule has 0 bridgehead atoms. The average Bonchev–Trinajstić information content (AvgIpc) is 2.34. The van der Waals surface area contributed by atoms with Gasteiger partial charge < -0.3 is 10.2 Å². The molecule has 0 unspecified atom stereocenters. The summed E-state index contributed by atoms with van der Waals surface area (Å²) in [5.41, 5.74) is -1.76. The van der Waals surface area contributed by atoms with Crippen LogP contribution in [-0.2, 0) is 0 Å². The maximum absolute atomic E-state index is 11.4. The second kappa shape index (κ2) is 4.72. The molecule has 0 aromatic carbocycles. The largest absolute Gasteiger partial charge is 0.392 e. The van der Waals surface area contributed by atoms with Crippen LogP contribution >= 0.6 is 0 Å². The highest BCUT2D eigenvalue weighted by Crippen LogP contribution is 2.67. The van der Waals surface area contributed by atoms with Gasteiger partial charge in [0, 0.05) is 0 Å². The maximum atomic E-state index is 11.4. The Balaban J connectivity index is 3.81.